The first-order chi connectivity index (χ1) is 8.88. The van der Waals surface area contributed by atoms with Gasteiger partial charge in [0.25, 0.3) is 5.69 Å². The van der Waals surface area contributed by atoms with Gasteiger partial charge in [-0.3, -0.25) is 10.1 Å². The molecule has 106 valence electrons. The van der Waals surface area contributed by atoms with Gasteiger partial charge < -0.3 is 5.32 Å². The van der Waals surface area contributed by atoms with Crippen molar-refractivity contribution < 1.29 is 13.3 Å². The van der Waals surface area contributed by atoms with Crippen molar-refractivity contribution in [1.29, 1.82) is 0 Å². The molecule has 0 aliphatic rings. The predicted molar refractivity (Wildman–Crippen MR) is 74.5 cm³/mol. The Morgan fingerprint density at radius 2 is 2.05 bits per heavy atom. The van der Waals surface area contributed by atoms with Crippen LogP contribution in [-0.4, -0.2) is 33.0 Å². The number of halogens is 1. The number of hydrogen-bond donors (Lipinski definition) is 2. The average molecular weight is 352 g/mol. The minimum absolute atomic E-state index is 0.170. The molecule has 0 amide bonds. The topological polar surface area (TPSA) is 101 Å². The van der Waals surface area contributed by atoms with Gasteiger partial charge in [-0.2, -0.15) is 0 Å². The zero-order chi connectivity index (χ0) is 14.5. The molecule has 19 heavy (non-hydrogen) atoms. The fraction of sp³-hybridized carbons (Fsp3) is 0.400. The maximum atomic E-state index is 12.0. The van der Waals surface area contributed by atoms with Crippen molar-refractivity contribution in [3.8, 4) is 0 Å². The molecule has 0 aromatic heterocycles. The van der Waals surface area contributed by atoms with E-state index in [1.165, 1.54) is 18.2 Å². The zero-order valence-corrected chi connectivity index (χ0v) is 12.6. The number of rotatable bonds is 7. The van der Waals surface area contributed by atoms with Crippen LogP contribution in [0.15, 0.2) is 27.6 Å². The molecule has 0 heterocycles. The normalized spacial score (nSPS) is 11.5. The van der Waals surface area contributed by atoms with Crippen LogP contribution in [0.3, 0.4) is 0 Å². The van der Waals surface area contributed by atoms with Crippen LogP contribution >= 0.6 is 15.9 Å². The molecule has 9 heteroatoms. The third-order valence-corrected chi connectivity index (χ3v) is 4.25. The third kappa shape index (κ3) is 4.53. The van der Waals surface area contributed by atoms with Crippen LogP contribution < -0.4 is 10.0 Å². The van der Waals surface area contributed by atoms with Gasteiger partial charge in [-0.1, -0.05) is 22.9 Å². The van der Waals surface area contributed by atoms with E-state index in [1.807, 2.05) is 6.92 Å². The van der Waals surface area contributed by atoms with Crippen LogP contribution in [0.2, 0.25) is 0 Å². The molecule has 1 aromatic rings. The number of nitrogens with one attached hydrogen (secondary N) is 2. The smallest absolute Gasteiger partial charge is 0.290 e. The van der Waals surface area contributed by atoms with Crippen LogP contribution in [0.1, 0.15) is 6.92 Å². The van der Waals surface area contributed by atoms with E-state index in [4.69, 9.17) is 0 Å². The van der Waals surface area contributed by atoms with E-state index in [9.17, 15) is 18.5 Å². The monoisotopic (exact) mass is 351 g/mol. The van der Waals surface area contributed by atoms with Gasteiger partial charge in [0.05, 0.1) is 4.92 Å². The quantitative estimate of drug-likeness (QED) is 0.437. The van der Waals surface area contributed by atoms with E-state index in [1.54, 1.807) is 0 Å². The zero-order valence-electron chi connectivity index (χ0n) is 10.2. The lowest BCUT2D eigenvalue weighted by atomic mass is 10.3. The Balaban J connectivity index is 2.98. The summed E-state index contributed by atoms with van der Waals surface area (Å²) >= 11 is 3.07. The molecule has 0 aliphatic heterocycles. The molecular weight excluding hydrogens is 338 g/mol. The highest BCUT2D eigenvalue weighted by molar-refractivity contribution is 9.10. The minimum atomic E-state index is -3.89. The van der Waals surface area contributed by atoms with Crippen LogP contribution in [0.25, 0.3) is 0 Å². The standard InChI is InChI=1S/C10H14BrN3O4S/c1-2-12-5-6-13-19(17,18)10-4-3-8(11)7-9(10)14(15)16/h3-4,7,12-13H,2,5-6H2,1H3. The lowest BCUT2D eigenvalue weighted by molar-refractivity contribution is -0.387. The minimum Gasteiger partial charge on any atom is -0.316 e. The molecule has 0 unspecified atom stereocenters. The van der Waals surface area contributed by atoms with E-state index < -0.39 is 20.6 Å². The largest absolute Gasteiger partial charge is 0.316 e. The molecule has 1 rings (SSSR count). The highest BCUT2D eigenvalue weighted by atomic mass is 79.9. The molecule has 0 spiro atoms. The van der Waals surface area contributed by atoms with Gasteiger partial charge in [0.1, 0.15) is 0 Å². The summed E-state index contributed by atoms with van der Waals surface area (Å²) in [4.78, 5) is 9.82. The Morgan fingerprint density at radius 3 is 2.63 bits per heavy atom. The van der Waals surface area contributed by atoms with Crippen LogP contribution in [0.4, 0.5) is 5.69 Å². The van der Waals surface area contributed by atoms with Gasteiger partial charge in [0.2, 0.25) is 10.0 Å². The fourth-order valence-corrected chi connectivity index (χ4v) is 2.92. The molecule has 1 aromatic carbocycles. The number of sulfonamides is 1. The first kappa shape index (κ1) is 16.0. The number of benzene rings is 1. The Hall–Kier alpha value is -1.03. The summed E-state index contributed by atoms with van der Waals surface area (Å²) in [5, 5.41) is 13.8. The molecule has 0 saturated carbocycles. The Bertz CT molecular complexity index is 562. The summed E-state index contributed by atoms with van der Waals surface area (Å²) in [6, 6.07) is 3.82. The SMILES string of the molecule is CCNCCNS(=O)(=O)c1ccc(Br)cc1[N+](=O)[O-]. The summed E-state index contributed by atoms with van der Waals surface area (Å²) < 4.78 is 26.7. The maximum absolute atomic E-state index is 12.0. The number of hydrogen-bond acceptors (Lipinski definition) is 5. The third-order valence-electron chi connectivity index (χ3n) is 2.25. The van der Waals surface area contributed by atoms with Crippen LogP contribution in [0, 0.1) is 10.1 Å². The molecule has 0 atom stereocenters. The van der Waals surface area contributed by atoms with Gasteiger partial charge in [0, 0.05) is 23.6 Å². The van der Waals surface area contributed by atoms with Crippen molar-refractivity contribution in [2.24, 2.45) is 0 Å². The molecular formula is C10H14BrN3O4S. The summed E-state index contributed by atoms with van der Waals surface area (Å²) in [7, 11) is -3.89. The number of nitrogens with zero attached hydrogens (tertiary/aromatic N) is 1. The Morgan fingerprint density at radius 1 is 1.37 bits per heavy atom. The lowest BCUT2D eigenvalue weighted by Crippen LogP contribution is -2.32. The number of nitro groups is 1. The van der Waals surface area contributed by atoms with Crippen molar-refractivity contribution in [2.45, 2.75) is 11.8 Å². The molecule has 0 bridgehead atoms. The van der Waals surface area contributed by atoms with Crippen molar-refractivity contribution in [3.05, 3.63) is 32.8 Å². The number of nitro benzene ring substituents is 1. The molecule has 0 fully saturated rings. The van der Waals surface area contributed by atoms with Crippen LogP contribution in [-0.2, 0) is 10.0 Å². The predicted octanol–water partition coefficient (Wildman–Crippen LogP) is 1.25. The van der Waals surface area contributed by atoms with E-state index in [-0.39, 0.29) is 11.4 Å². The Kier molecular flexibility index (Phi) is 5.85. The second-order valence-corrected chi connectivity index (χ2v) is 6.27. The van der Waals surface area contributed by atoms with E-state index in [0.717, 1.165) is 6.54 Å². The number of likely N-dealkylation sites (N-methyl/N-ethyl adjacent to an activating group) is 1. The Labute approximate surface area is 119 Å². The highest BCUT2D eigenvalue weighted by Crippen LogP contribution is 2.27. The summed E-state index contributed by atoms with van der Waals surface area (Å²) in [6.07, 6.45) is 0. The molecule has 2 N–H and O–H groups in total. The molecule has 0 saturated heterocycles. The molecule has 7 nitrogen and oxygen atoms in total. The lowest BCUT2D eigenvalue weighted by Gasteiger charge is -2.07. The summed E-state index contributed by atoms with van der Waals surface area (Å²) in [5.74, 6) is 0. The van der Waals surface area contributed by atoms with E-state index in [2.05, 4.69) is 26.0 Å². The van der Waals surface area contributed by atoms with Gasteiger partial charge in [-0.25, -0.2) is 13.1 Å². The highest BCUT2D eigenvalue weighted by Gasteiger charge is 2.25. The van der Waals surface area contributed by atoms with Crippen molar-refractivity contribution in [2.75, 3.05) is 19.6 Å². The summed E-state index contributed by atoms with van der Waals surface area (Å²) in [5.41, 5.74) is -0.453. The van der Waals surface area contributed by atoms with Crippen molar-refractivity contribution >= 4 is 31.6 Å². The maximum Gasteiger partial charge on any atom is 0.290 e. The molecule has 0 radical (unpaired) electrons. The van der Waals surface area contributed by atoms with Crippen molar-refractivity contribution in [1.82, 2.24) is 10.0 Å². The average Bonchev–Trinajstić information content (AvgIpc) is 2.34. The van der Waals surface area contributed by atoms with Gasteiger partial charge in [-0.05, 0) is 18.7 Å². The van der Waals surface area contributed by atoms with E-state index >= 15 is 0 Å². The van der Waals surface area contributed by atoms with Gasteiger partial charge in [-0.15, -0.1) is 0 Å². The molecule has 0 aliphatic carbocycles. The van der Waals surface area contributed by atoms with Crippen LogP contribution in [0.5, 0.6) is 0 Å². The van der Waals surface area contributed by atoms with E-state index in [0.29, 0.717) is 11.0 Å². The second-order valence-electron chi connectivity index (χ2n) is 3.62. The van der Waals surface area contributed by atoms with Gasteiger partial charge in [0.15, 0.2) is 4.90 Å². The van der Waals surface area contributed by atoms with Gasteiger partial charge >= 0.3 is 0 Å². The first-order valence-corrected chi connectivity index (χ1v) is 7.80. The second kappa shape index (κ2) is 6.94. The summed E-state index contributed by atoms with van der Waals surface area (Å²) in [6.45, 7) is 3.25. The fourth-order valence-electron chi connectivity index (χ4n) is 1.39. The first-order valence-electron chi connectivity index (χ1n) is 5.53. The van der Waals surface area contributed by atoms with Crippen molar-refractivity contribution in [3.63, 3.8) is 0 Å².